The van der Waals surface area contributed by atoms with Crippen molar-refractivity contribution in [1.29, 1.82) is 5.41 Å². The van der Waals surface area contributed by atoms with E-state index in [1.807, 2.05) is 36.0 Å². The quantitative estimate of drug-likeness (QED) is 0.797. The summed E-state index contributed by atoms with van der Waals surface area (Å²) in [6.45, 7) is 9.02. The molecule has 0 unspecified atom stereocenters. The van der Waals surface area contributed by atoms with E-state index in [1.165, 1.54) is 0 Å². The van der Waals surface area contributed by atoms with Crippen LogP contribution in [0, 0.1) is 5.41 Å². The molecule has 2 heterocycles. The zero-order valence-electron chi connectivity index (χ0n) is 13.1. The number of nitrogens with zero attached hydrogens (tertiary/aromatic N) is 3. The average Bonchev–Trinajstić information content (AvgIpc) is 2.94. The Balaban J connectivity index is 2.42. The first-order valence-corrected chi connectivity index (χ1v) is 7.44. The fourth-order valence-electron chi connectivity index (χ4n) is 2.09. The smallest absolute Gasteiger partial charge is 0.136 e. The van der Waals surface area contributed by atoms with Crippen LogP contribution in [-0.2, 0) is 6.54 Å². The minimum Gasteiger partial charge on any atom is -0.367 e. The number of anilines is 1. The Bertz CT molecular complexity index is 627. The van der Waals surface area contributed by atoms with E-state index in [0.29, 0.717) is 12.1 Å². The number of aryl methyl sites for hydroxylation is 1. The van der Waals surface area contributed by atoms with Gasteiger partial charge in [0, 0.05) is 30.1 Å². The summed E-state index contributed by atoms with van der Waals surface area (Å²) in [6.07, 6.45) is 2.65. The van der Waals surface area contributed by atoms with Gasteiger partial charge in [-0.25, -0.2) is 4.98 Å². The molecule has 0 aromatic carbocycles. The van der Waals surface area contributed by atoms with E-state index in [2.05, 4.69) is 36.2 Å². The fraction of sp³-hybridized carbons (Fsp3) is 0.438. The third kappa shape index (κ3) is 3.48. The summed E-state index contributed by atoms with van der Waals surface area (Å²) in [5.74, 6) is 0.764. The van der Waals surface area contributed by atoms with Gasteiger partial charge in [-0.1, -0.05) is 6.92 Å². The van der Waals surface area contributed by atoms with Gasteiger partial charge in [0.05, 0.1) is 5.69 Å². The van der Waals surface area contributed by atoms with E-state index in [4.69, 9.17) is 5.41 Å². The van der Waals surface area contributed by atoms with Crippen LogP contribution in [0.2, 0.25) is 0 Å². The highest BCUT2D eigenvalue weighted by Gasteiger charge is 2.12. The van der Waals surface area contributed by atoms with Crippen molar-refractivity contribution in [3.63, 3.8) is 0 Å². The highest BCUT2D eigenvalue weighted by molar-refractivity contribution is 6.02. The van der Waals surface area contributed by atoms with Crippen LogP contribution in [-0.4, -0.2) is 26.5 Å². The van der Waals surface area contributed by atoms with E-state index in [0.717, 1.165) is 29.3 Å². The third-order valence-electron chi connectivity index (χ3n) is 3.23. The molecule has 2 rings (SSSR count). The number of hydrogen-bond donors (Lipinski definition) is 2. The summed E-state index contributed by atoms with van der Waals surface area (Å²) in [7, 11) is 0. The van der Waals surface area contributed by atoms with Crippen molar-refractivity contribution in [2.75, 3.05) is 5.32 Å². The predicted octanol–water partition coefficient (Wildman–Crippen LogP) is 3.56. The lowest BCUT2D eigenvalue weighted by atomic mass is 10.1. The first-order valence-electron chi connectivity index (χ1n) is 7.44. The van der Waals surface area contributed by atoms with Crippen molar-refractivity contribution < 1.29 is 0 Å². The van der Waals surface area contributed by atoms with E-state index >= 15 is 0 Å². The van der Waals surface area contributed by atoms with Gasteiger partial charge in [-0.05, 0) is 45.4 Å². The number of aromatic nitrogens is 3. The van der Waals surface area contributed by atoms with Gasteiger partial charge in [-0.2, -0.15) is 5.10 Å². The van der Waals surface area contributed by atoms with Crippen LogP contribution in [0.25, 0.3) is 11.4 Å². The van der Waals surface area contributed by atoms with Crippen molar-refractivity contribution in [2.24, 2.45) is 0 Å². The lowest BCUT2D eigenvalue weighted by Gasteiger charge is -2.15. The standard InChI is InChI=1S/C16H23N5/c1-5-13(17)12-7-8-14(19-16(12)18-11(3)4)15-9-10-21(6-2)20-15/h7-11,17H,5-6H2,1-4H3,(H,18,19). The lowest BCUT2D eigenvalue weighted by molar-refractivity contribution is 0.661. The number of hydrogen-bond acceptors (Lipinski definition) is 4. The highest BCUT2D eigenvalue weighted by atomic mass is 15.3. The first-order chi connectivity index (χ1) is 10.0. The maximum atomic E-state index is 8.07. The Morgan fingerprint density at radius 1 is 1.24 bits per heavy atom. The molecule has 0 aliphatic rings. The van der Waals surface area contributed by atoms with Crippen molar-refractivity contribution in [3.05, 3.63) is 30.0 Å². The average molecular weight is 285 g/mol. The van der Waals surface area contributed by atoms with Crippen LogP contribution in [0.3, 0.4) is 0 Å². The molecule has 5 nitrogen and oxygen atoms in total. The number of pyridine rings is 1. The molecule has 2 aromatic rings. The van der Waals surface area contributed by atoms with Gasteiger partial charge >= 0.3 is 0 Å². The Kier molecular flexibility index (Phi) is 4.73. The molecule has 0 atom stereocenters. The van der Waals surface area contributed by atoms with Gasteiger partial charge in [0.2, 0.25) is 0 Å². The summed E-state index contributed by atoms with van der Waals surface area (Å²) in [5, 5.41) is 15.9. The molecule has 0 spiro atoms. The summed E-state index contributed by atoms with van der Waals surface area (Å²) in [6, 6.07) is 6.14. The van der Waals surface area contributed by atoms with Crippen LogP contribution in [0.5, 0.6) is 0 Å². The van der Waals surface area contributed by atoms with Gasteiger partial charge in [-0.15, -0.1) is 0 Å². The number of nitrogens with one attached hydrogen (secondary N) is 2. The van der Waals surface area contributed by atoms with Crippen molar-refractivity contribution in [1.82, 2.24) is 14.8 Å². The second-order valence-electron chi connectivity index (χ2n) is 5.28. The lowest BCUT2D eigenvalue weighted by Crippen LogP contribution is -2.15. The summed E-state index contributed by atoms with van der Waals surface area (Å²) in [5.41, 5.74) is 3.15. The molecule has 0 saturated heterocycles. The van der Waals surface area contributed by atoms with Crippen molar-refractivity contribution in [2.45, 2.75) is 46.7 Å². The molecular formula is C16H23N5. The topological polar surface area (TPSA) is 66.6 Å². The Labute approximate surface area is 125 Å². The molecule has 0 radical (unpaired) electrons. The molecule has 0 aliphatic carbocycles. The molecular weight excluding hydrogens is 262 g/mol. The first kappa shape index (κ1) is 15.2. The molecule has 5 heteroatoms. The monoisotopic (exact) mass is 285 g/mol. The van der Waals surface area contributed by atoms with Crippen LogP contribution < -0.4 is 5.32 Å². The van der Waals surface area contributed by atoms with Crippen LogP contribution in [0.1, 0.15) is 39.7 Å². The summed E-state index contributed by atoms with van der Waals surface area (Å²) < 4.78 is 1.88. The van der Waals surface area contributed by atoms with Gasteiger partial charge in [0.25, 0.3) is 0 Å². The maximum Gasteiger partial charge on any atom is 0.136 e. The molecule has 0 saturated carbocycles. The molecule has 0 amide bonds. The Morgan fingerprint density at radius 3 is 2.57 bits per heavy atom. The van der Waals surface area contributed by atoms with Gasteiger partial charge in [-0.3, -0.25) is 4.68 Å². The third-order valence-corrected chi connectivity index (χ3v) is 3.23. The second-order valence-corrected chi connectivity index (χ2v) is 5.28. The SMILES string of the molecule is CCC(=N)c1ccc(-c2ccn(CC)n2)nc1NC(C)C. The summed E-state index contributed by atoms with van der Waals surface area (Å²) in [4.78, 5) is 4.67. The summed E-state index contributed by atoms with van der Waals surface area (Å²) >= 11 is 0. The molecule has 0 aliphatic heterocycles. The van der Waals surface area contributed by atoms with Gasteiger partial charge in [0.1, 0.15) is 11.5 Å². The van der Waals surface area contributed by atoms with E-state index in [9.17, 15) is 0 Å². The largest absolute Gasteiger partial charge is 0.367 e. The van der Waals surface area contributed by atoms with Crippen molar-refractivity contribution in [3.8, 4) is 11.4 Å². The maximum absolute atomic E-state index is 8.07. The molecule has 0 fully saturated rings. The fourth-order valence-corrected chi connectivity index (χ4v) is 2.09. The Hall–Kier alpha value is -2.17. The molecule has 2 aromatic heterocycles. The Morgan fingerprint density at radius 2 is 2.00 bits per heavy atom. The normalized spacial score (nSPS) is 10.9. The van der Waals surface area contributed by atoms with Gasteiger partial charge < -0.3 is 10.7 Å². The van der Waals surface area contributed by atoms with Crippen LogP contribution >= 0.6 is 0 Å². The molecule has 2 N–H and O–H groups in total. The van der Waals surface area contributed by atoms with Crippen LogP contribution in [0.15, 0.2) is 24.4 Å². The molecule has 21 heavy (non-hydrogen) atoms. The highest BCUT2D eigenvalue weighted by Crippen LogP contribution is 2.22. The molecule has 0 bridgehead atoms. The second kappa shape index (κ2) is 6.52. The molecule has 112 valence electrons. The van der Waals surface area contributed by atoms with E-state index < -0.39 is 0 Å². The van der Waals surface area contributed by atoms with Crippen molar-refractivity contribution >= 4 is 11.5 Å². The van der Waals surface area contributed by atoms with E-state index in [1.54, 1.807) is 0 Å². The van der Waals surface area contributed by atoms with Gasteiger partial charge in [0.15, 0.2) is 0 Å². The number of rotatable bonds is 6. The zero-order chi connectivity index (χ0) is 15.4. The zero-order valence-corrected chi connectivity index (χ0v) is 13.1. The van der Waals surface area contributed by atoms with Crippen LogP contribution in [0.4, 0.5) is 5.82 Å². The minimum absolute atomic E-state index is 0.268. The minimum atomic E-state index is 0.268. The van der Waals surface area contributed by atoms with E-state index in [-0.39, 0.29) is 6.04 Å². The predicted molar refractivity (Wildman–Crippen MR) is 87.0 cm³/mol.